The van der Waals surface area contributed by atoms with Crippen LogP contribution < -0.4 is 5.73 Å². The van der Waals surface area contributed by atoms with Crippen molar-refractivity contribution in [1.82, 2.24) is 9.80 Å². The Labute approximate surface area is 116 Å². The van der Waals surface area contributed by atoms with E-state index >= 15 is 0 Å². The Morgan fingerprint density at radius 1 is 1.05 bits per heavy atom. The first-order valence-electron chi connectivity index (χ1n) is 7.60. The molecule has 1 aliphatic carbocycles. The van der Waals surface area contributed by atoms with Crippen LogP contribution in [0.15, 0.2) is 30.3 Å². The lowest BCUT2D eigenvalue weighted by atomic mass is 10.0. The predicted molar refractivity (Wildman–Crippen MR) is 79.0 cm³/mol. The van der Waals surface area contributed by atoms with E-state index in [0.717, 1.165) is 19.0 Å². The fourth-order valence-corrected chi connectivity index (χ4v) is 2.98. The Kier molecular flexibility index (Phi) is 4.16. The van der Waals surface area contributed by atoms with E-state index in [1.54, 1.807) is 0 Å². The smallest absolute Gasteiger partial charge is 0.0307 e. The van der Waals surface area contributed by atoms with E-state index in [1.165, 1.54) is 44.6 Å². The van der Waals surface area contributed by atoms with Crippen LogP contribution in [-0.2, 0) is 0 Å². The van der Waals surface area contributed by atoms with Gasteiger partial charge in [-0.15, -0.1) is 0 Å². The monoisotopic (exact) mass is 259 g/mol. The molecule has 3 rings (SSSR count). The van der Waals surface area contributed by atoms with Gasteiger partial charge in [0, 0.05) is 44.8 Å². The lowest BCUT2D eigenvalue weighted by Gasteiger charge is -2.35. The molecule has 1 saturated heterocycles. The van der Waals surface area contributed by atoms with E-state index < -0.39 is 0 Å². The molecule has 104 valence electrons. The molecule has 0 radical (unpaired) electrons. The second kappa shape index (κ2) is 6.04. The van der Waals surface area contributed by atoms with Crippen LogP contribution in [0, 0.1) is 0 Å². The minimum atomic E-state index is 0.183. The number of benzene rings is 1. The highest BCUT2D eigenvalue weighted by Crippen LogP contribution is 2.27. The van der Waals surface area contributed by atoms with Gasteiger partial charge in [-0.2, -0.15) is 0 Å². The number of nitrogens with zero attached hydrogens (tertiary/aromatic N) is 2. The summed E-state index contributed by atoms with van der Waals surface area (Å²) in [7, 11) is 0. The highest BCUT2D eigenvalue weighted by atomic mass is 15.3. The lowest BCUT2D eigenvalue weighted by Crippen LogP contribution is -2.47. The summed E-state index contributed by atoms with van der Waals surface area (Å²) in [6.45, 7) is 6.08. The summed E-state index contributed by atoms with van der Waals surface area (Å²) < 4.78 is 0. The zero-order valence-electron chi connectivity index (χ0n) is 11.7. The lowest BCUT2D eigenvalue weighted by molar-refractivity contribution is 0.124. The van der Waals surface area contributed by atoms with Crippen molar-refractivity contribution in [2.45, 2.75) is 31.3 Å². The van der Waals surface area contributed by atoms with E-state index in [2.05, 4.69) is 34.1 Å². The summed E-state index contributed by atoms with van der Waals surface area (Å²) in [6.07, 6.45) is 3.92. The molecule has 1 aromatic carbocycles. The molecule has 1 atom stereocenters. The third kappa shape index (κ3) is 3.56. The summed E-state index contributed by atoms with van der Waals surface area (Å²) in [5, 5.41) is 0. The Balaban J connectivity index is 1.40. The summed E-state index contributed by atoms with van der Waals surface area (Å²) in [5.74, 6) is 0. The third-order valence-electron chi connectivity index (χ3n) is 4.45. The number of piperazine rings is 1. The fraction of sp³-hybridized carbons (Fsp3) is 0.625. The molecule has 0 amide bonds. The Hall–Kier alpha value is -0.900. The van der Waals surface area contributed by atoms with Crippen LogP contribution in [0.5, 0.6) is 0 Å². The van der Waals surface area contributed by atoms with Gasteiger partial charge < -0.3 is 10.6 Å². The standard InChI is InChI=1S/C16H25N3/c17-16(14-4-2-1-3-5-14)8-9-18-10-12-19(13-11-18)15-6-7-15/h1-5,15-16H,6-13,17H2. The fourth-order valence-electron chi connectivity index (χ4n) is 2.98. The average Bonchev–Trinajstić information content (AvgIpc) is 3.31. The molecular formula is C16H25N3. The normalized spacial score (nSPS) is 23.4. The van der Waals surface area contributed by atoms with Crippen LogP contribution >= 0.6 is 0 Å². The van der Waals surface area contributed by atoms with Crippen molar-refractivity contribution >= 4 is 0 Å². The third-order valence-corrected chi connectivity index (χ3v) is 4.45. The largest absolute Gasteiger partial charge is 0.324 e. The molecule has 2 N–H and O–H groups in total. The topological polar surface area (TPSA) is 32.5 Å². The molecule has 1 heterocycles. The van der Waals surface area contributed by atoms with Gasteiger partial charge in [0.15, 0.2) is 0 Å². The molecule has 0 bridgehead atoms. The molecule has 1 aliphatic heterocycles. The van der Waals surface area contributed by atoms with Crippen molar-refractivity contribution in [3.63, 3.8) is 0 Å². The molecule has 1 unspecified atom stereocenters. The summed E-state index contributed by atoms with van der Waals surface area (Å²) in [6, 6.07) is 11.6. The van der Waals surface area contributed by atoms with Gasteiger partial charge in [0.05, 0.1) is 0 Å². The Morgan fingerprint density at radius 2 is 1.74 bits per heavy atom. The zero-order valence-corrected chi connectivity index (χ0v) is 11.7. The van der Waals surface area contributed by atoms with Crippen molar-refractivity contribution in [2.24, 2.45) is 5.73 Å². The molecular weight excluding hydrogens is 234 g/mol. The molecule has 3 nitrogen and oxygen atoms in total. The van der Waals surface area contributed by atoms with Crippen LogP contribution in [0.4, 0.5) is 0 Å². The first-order chi connectivity index (χ1) is 9.33. The van der Waals surface area contributed by atoms with Crippen molar-refractivity contribution in [3.05, 3.63) is 35.9 Å². The van der Waals surface area contributed by atoms with E-state index in [-0.39, 0.29) is 6.04 Å². The van der Waals surface area contributed by atoms with Crippen LogP contribution in [0.2, 0.25) is 0 Å². The van der Waals surface area contributed by atoms with Crippen molar-refractivity contribution in [2.75, 3.05) is 32.7 Å². The van der Waals surface area contributed by atoms with Gasteiger partial charge in [0.25, 0.3) is 0 Å². The molecule has 1 aromatic rings. The maximum absolute atomic E-state index is 6.26. The summed E-state index contributed by atoms with van der Waals surface area (Å²) in [5.41, 5.74) is 7.52. The average molecular weight is 259 g/mol. The second-order valence-corrected chi connectivity index (χ2v) is 5.91. The van der Waals surface area contributed by atoms with E-state index in [9.17, 15) is 0 Å². The van der Waals surface area contributed by atoms with Gasteiger partial charge in [-0.25, -0.2) is 0 Å². The molecule has 2 fully saturated rings. The van der Waals surface area contributed by atoms with E-state index in [4.69, 9.17) is 5.73 Å². The zero-order chi connectivity index (χ0) is 13.1. The van der Waals surface area contributed by atoms with Gasteiger partial charge in [0.2, 0.25) is 0 Å². The number of hydrogen-bond acceptors (Lipinski definition) is 3. The number of rotatable bonds is 5. The van der Waals surface area contributed by atoms with Gasteiger partial charge in [-0.05, 0) is 24.8 Å². The van der Waals surface area contributed by atoms with Crippen LogP contribution in [0.3, 0.4) is 0 Å². The summed E-state index contributed by atoms with van der Waals surface area (Å²) >= 11 is 0. The first kappa shape index (κ1) is 13.1. The molecule has 2 aliphatic rings. The van der Waals surface area contributed by atoms with E-state index in [1.807, 2.05) is 6.07 Å². The van der Waals surface area contributed by atoms with Crippen LogP contribution in [0.1, 0.15) is 30.9 Å². The Morgan fingerprint density at radius 3 is 2.37 bits per heavy atom. The van der Waals surface area contributed by atoms with Gasteiger partial charge >= 0.3 is 0 Å². The maximum atomic E-state index is 6.26. The second-order valence-electron chi connectivity index (χ2n) is 5.91. The first-order valence-corrected chi connectivity index (χ1v) is 7.60. The van der Waals surface area contributed by atoms with Gasteiger partial charge in [-0.1, -0.05) is 30.3 Å². The van der Waals surface area contributed by atoms with Crippen LogP contribution in [0.25, 0.3) is 0 Å². The Bertz CT molecular complexity index is 380. The van der Waals surface area contributed by atoms with Crippen molar-refractivity contribution < 1.29 is 0 Å². The maximum Gasteiger partial charge on any atom is 0.0307 e. The van der Waals surface area contributed by atoms with Crippen molar-refractivity contribution in [1.29, 1.82) is 0 Å². The van der Waals surface area contributed by atoms with Crippen LogP contribution in [-0.4, -0.2) is 48.6 Å². The molecule has 0 aromatic heterocycles. The number of nitrogens with two attached hydrogens (primary N) is 1. The highest BCUT2D eigenvalue weighted by molar-refractivity contribution is 5.18. The van der Waals surface area contributed by atoms with Gasteiger partial charge in [0.1, 0.15) is 0 Å². The van der Waals surface area contributed by atoms with Crippen molar-refractivity contribution in [3.8, 4) is 0 Å². The van der Waals surface area contributed by atoms with Gasteiger partial charge in [-0.3, -0.25) is 4.90 Å². The predicted octanol–water partition coefficient (Wildman–Crippen LogP) is 1.86. The minimum Gasteiger partial charge on any atom is -0.324 e. The SMILES string of the molecule is NC(CCN1CCN(C2CC2)CC1)c1ccccc1. The molecule has 1 saturated carbocycles. The minimum absolute atomic E-state index is 0.183. The molecule has 19 heavy (non-hydrogen) atoms. The molecule has 0 spiro atoms. The molecule has 3 heteroatoms. The quantitative estimate of drug-likeness (QED) is 0.876. The number of hydrogen-bond donors (Lipinski definition) is 1. The summed E-state index contributed by atoms with van der Waals surface area (Å²) in [4.78, 5) is 5.23. The highest BCUT2D eigenvalue weighted by Gasteiger charge is 2.30. The van der Waals surface area contributed by atoms with E-state index in [0.29, 0.717) is 0 Å².